The minimum atomic E-state index is -0.422. The highest BCUT2D eigenvalue weighted by molar-refractivity contribution is 7.03. The molecule has 2 atom stereocenters. The fourth-order valence-electron chi connectivity index (χ4n) is 1.79. The average molecular weight is 227 g/mol. The van der Waals surface area contributed by atoms with Crippen LogP contribution in [0.15, 0.2) is 5.38 Å². The first-order valence-electron chi connectivity index (χ1n) is 5.03. The minimum absolute atomic E-state index is 0.132. The first-order valence-corrected chi connectivity index (χ1v) is 5.87. The summed E-state index contributed by atoms with van der Waals surface area (Å²) in [4.78, 5) is 11.6. The van der Waals surface area contributed by atoms with Gasteiger partial charge in [0.1, 0.15) is 0 Å². The van der Waals surface area contributed by atoms with Gasteiger partial charge >= 0.3 is 0 Å². The van der Waals surface area contributed by atoms with Gasteiger partial charge in [-0.25, -0.2) is 0 Å². The van der Waals surface area contributed by atoms with Crippen molar-refractivity contribution in [2.75, 3.05) is 0 Å². The lowest BCUT2D eigenvalue weighted by Gasteiger charge is -2.27. The van der Waals surface area contributed by atoms with Crippen LogP contribution in [0.3, 0.4) is 0 Å². The Kier molecular flexibility index (Phi) is 3.27. The lowest BCUT2D eigenvalue weighted by molar-refractivity contribution is 0.0714. The number of hydrogen-bond acceptors (Lipinski definition) is 5. The number of aliphatic hydroxyl groups excluding tert-OH is 1. The van der Waals surface area contributed by atoms with Crippen molar-refractivity contribution in [1.82, 2.24) is 14.9 Å². The lowest BCUT2D eigenvalue weighted by atomic mass is 9.92. The van der Waals surface area contributed by atoms with Crippen molar-refractivity contribution in [1.29, 1.82) is 0 Å². The predicted molar refractivity (Wildman–Crippen MR) is 55.6 cm³/mol. The summed E-state index contributed by atoms with van der Waals surface area (Å²) in [5.41, 5.74) is 0.331. The van der Waals surface area contributed by atoms with E-state index < -0.39 is 6.10 Å². The van der Waals surface area contributed by atoms with Crippen molar-refractivity contribution in [2.24, 2.45) is 0 Å². The molecule has 82 valence electrons. The predicted octanol–water partition coefficient (Wildman–Crippen LogP) is 0.571. The van der Waals surface area contributed by atoms with Gasteiger partial charge in [-0.05, 0) is 24.4 Å². The molecule has 0 aromatic carbocycles. The summed E-state index contributed by atoms with van der Waals surface area (Å²) in [6, 6.07) is -0.132. The number of carbonyl (C=O) groups excluding carboxylic acids is 1. The number of hydrogen-bond donors (Lipinski definition) is 2. The van der Waals surface area contributed by atoms with Crippen LogP contribution in [0.5, 0.6) is 0 Å². The SMILES string of the molecule is O=C(N[C@H]1CCCC[C@@H]1O)c1csnn1. The summed E-state index contributed by atoms with van der Waals surface area (Å²) >= 11 is 1.15. The van der Waals surface area contributed by atoms with Gasteiger partial charge in [0.05, 0.1) is 12.1 Å². The third-order valence-corrected chi connectivity index (χ3v) is 3.14. The third kappa shape index (κ3) is 2.51. The number of nitrogens with one attached hydrogen (secondary N) is 1. The Labute approximate surface area is 91.7 Å². The highest BCUT2D eigenvalue weighted by Crippen LogP contribution is 2.18. The summed E-state index contributed by atoms with van der Waals surface area (Å²) in [7, 11) is 0. The van der Waals surface area contributed by atoms with Crippen molar-refractivity contribution in [3.05, 3.63) is 11.1 Å². The van der Waals surface area contributed by atoms with Crippen LogP contribution in [0.4, 0.5) is 0 Å². The van der Waals surface area contributed by atoms with Gasteiger partial charge in [0.2, 0.25) is 0 Å². The zero-order chi connectivity index (χ0) is 10.7. The molecule has 0 saturated heterocycles. The molecule has 1 aliphatic rings. The molecule has 0 unspecified atom stereocenters. The Morgan fingerprint density at radius 2 is 2.33 bits per heavy atom. The van der Waals surface area contributed by atoms with E-state index in [4.69, 9.17) is 0 Å². The summed E-state index contributed by atoms with van der Waals surface area (Å²) < 4.78 is 3.62. The zero-order valence-corrected chi connectivity index (χ0v) is 9.04. The quantitative estimate of drug-likeness (QED) is 0.774. The molecule has 1 heterocycles. The van der Waals surface area contributed by atoms with Gasteiger partial charge in [0, 0.05) is 5.38 Å². The van der Waals surface area contributed by atoms with Crippen LogP contribution in [0, 0.1) is 0 Å². The molecule has 0 spiro atoms. The molecule has 0 radical (unpaired) electrons. The Bertz CT molecular complexity index is 328. The Morgan fingerprint density at radius 3 is 3.00 bits per heavy atom. The van der Waals surface area contributed by atoms with E-state index in [0.29, 0.717) is 5.69 Å². The Morgan fingerprint density at radius 1 is 1.53 bits per heavy atom. The molecule has 0 aliphatic heterocycles. The highest BCUT2D eigenvalue weighted by Gasteiger charge is 2.25. The fourth-order valence-corrected chi connectivity index (χ4v) is 2.22. The normalized spacial score (nSPS) is 26.2. The standard InChI is InChI=1S/C9H13N3O2S/c13-8-4-2-1-3-6(8)10-9(14)7-5-15-12-11-7/h5-6,8,13H,1-4H2,(H,10,14)/t6-,8-/m0/s1. The van der Waals surface area contributed by atoms with E-state index in [1.807, 2.05) is 0 Å². The van der Waals surface area contributed by atoms with Gasteiger partial charge in [-0.1, -0.05) is 17.3 Å². The van der Waals surface area contributed by atoms with Crippen LogP contribution >= 0.6 is 11.5 Å². The number of nitrogens with zero attached hydrogens (tertiary/aromatic N) is 2. The number of carbonyl (C=O) groups is 1. The first kappa shape index (κ1) is 10.5. The lowest BCUT2D eigenvalue weighted by Crippen LogP contribution is -2.45. The Hall–Kier alpha value is -1.01. The van der Waals surface area contributed by atoms with E-state index in [-0.39, 0.29) is 11.9 Å². The smallest absolute Gasteiger partial charge is 0.273 e. The van der Waals surface area contributed by atoms with Gasteiger partial charge in [0.25, 0.3) is 5.91 Å². The fraction of sp³-hybridized carbons (Fsp3) is 0.667. The minimum Gasteiger partial charge on any atom is -0.391 e. The van der Waals surface area contributed by atoms with Crippen LogP contribution in [-0.4, -0.2) is 32.7 Å². The molecule has 1 amide bonds. The summed E-state index contributed by atoms with van der Waals surface area (Å²) in [5, 5.41) is 17.7. The number of aliphatic hydroxyl groups is 1. The molecule has 1 aliphatic carbocycles. The molecule has 1 fully saturated rings. The van der Waals surface area contributed by atoms with Crippen molar-refractivity contribution in [3.63, 3.8) is 0 Å². The monoisotopic (exact) mass is 227 g/mol. The van der Waals surface area contributed by atoms with Gasteiger partial charge in [-0.2, -0.15) is 0 Å². The van der Waals surface area contributed by atoms with Crippen LogP contribution in [0.2, 0.25) is 0 Å². The summed E-state index contributed by atoms with van der Waals surface area (Å²) in [6.07, 6.45) is 3.27. The van der Waals surface area contributed by atoms with E-state index in [1.165, 1.54) is 0 Å². The summed E-state index contributed by atoms with van der Waals surface area (Å²) in [5.74, 6) is -0.241. The molecule has 1 aromatic rings. The molecule has 1 saturated carbocycles. The van der Waals surface area contributed by atoms with Crippen molar-refractivity contribution in [3.8, 4) is 0 Å². The van der Waals surface area contributed by atoms with Gasteiger partial charge in [-0.15, -0.1) is 5.10 Å². The topological polar surface area (TPSA) is 75.1 Å². The van der Waals surface area contributed by atoms with Crippen LogP contribution in [0.1, 0.15) is 36.2 Å². The van der Waals surface area contributed by atoms with Crippen LogP contribution in [0.25, 0.3) is 0 Å². The molecule has 5 nitrogen and oxygen atoms in total. The Balaban J connectivity index is 1.93. The first-order chi connectivity index (χ1) is 7.27. The molecule has 15 heavy (non-hydrogen) atoms. The summed E-state index contributed by atoms with van der Waals surface area (Å²) in [6.45, 7) is 0. The molecule has 2 N–H and O–H groups in total. The highest BCUT2D eigenvalue weighted by atomic mass is 32.1. The van der Waals surface area contributed by atoms with Gasteiger partial charge < -0.3 is 10.4 Å². The van der Waals surface area contributed by atoms with Gasteiger partial charge in [0.15, 0.2) is 5.69 Å². The van der Waals surface area contributed by atoms with E-state index >= 15 is 0 Å². The zero-order valence-electron chi connectivity index (χ0n) is 8.22. The van der Waals surface area contributed by atoms with Crippen LogP contribution < -0.4 is 5.32 Å². The number of aromatic nitrogens is 2. The molecule has 1 aromatic heterocycles. The van der Waals surface area contributed by atoms with E-state index in [0.717, 1.165) is 37.2 Å². The second kappa shape index (κ2) is 4.67. The maximum Gasteiger partial charge on any atom is 0.273 e. The number of amides is 1. The van der Waals surface area contributed by atoms with Crippen molar-refractivity contribution in [2.45, 2.75) is 37.8 Å². The molecule has 6 heteroatoms. The van der Waals surface area contributed by atoms with Crippen molar-refractivity contribution >= 4 is 17.4 Å². The maximum absolute atomic E-state index is 11.6. The van der Waals surface area contributed by atoms with E-state index in [2.05, 4.69) is 14.9 Å². The largest absolute Gasteiger partial charge is 0.391 e. The molecule has 0 bridgehead atoms. The van der Waals surface area contributed by atoms with Crippen molar-refractivity contribution < 1.29 is 9.90 Å². The average Bonchev–Trinajstić information content (AvgIpc) is 2.74. The van der Waals surface area contributed by atoms with Gasteiger partial charge in [-0.3, -0.25) is 4.79 Å². The second-order valence-corrected chi connectivity index (χ2v) is 4.33. The third-order valence-electron chi connectivity index (χ3n) is 2.64. The molecular formula is C9H13N3O2S. The molecular weight excluding hydrogens is 214 g/mol. The van der Waals surface area contributed by atoms with E-state index in [1.54, 1.807) is 5.38 Å². The molecule has 2 rings (SSSR count). The van der Waals surface area contributed by atoms with Crippen LogP contribution in [-0.2, 0) is 0 Å². The second-order valence-electron chi connectivity index (χ2n) is 3.72. The maximum atomic E-state index is 11.6. The number of rotatable bonds is 2. The van der Waals surface area contributed by atoms with E-state index in [9.17, 15) is 9.90 Å².